The zero-order chi connectivity index (χ0) is 19.2. The lowest BCUT2D eigenvalue weighted by Crippen LogP contribution is -2.87. The van der Waals surface area contributed by atoms with Gasteiger partial charge in [-0.2, -0.15) is 0 Å². The van der Waals surface area contributed by atoms with E-state index in [0.29, 0.717) is 6.54 Å². The fourth-order valence-corrected chi connectivity index (χ4v) is 4.04. The minimum atomic E-state index is 0.00196. The highest BCUT2D eigenvalue weighted by atomic mass is 32.1. The van der Waals surface area contributed by atoms with Crippen LogP contribution in [0.15, 0.2) is 66.0 Å². The zero-order valence-electron chi connectivity index (χ0n) is 16.1. The van der Waals surface area contributed by atoms with Crippen molar-refractivity contribution in [2.45, 2.75) is 32.9 Å². The molecule has 0 spiro atoms. The number of thiophene rings is 1. The fourth-order valence-electron chi connectivity index (χ4n) is 3.19. The van der Waals surface area contributed by atoms with Gasteiger partial charge < -0.3 is 10.6 Å². The molecule has 0 bridgehead atoms. The molecule has 0 aliphatic heterocycles. The molecule has 0 saturated heterocycles. The topological polar surface area (TPSA) is 45.7 Å². The van der Waals surface area contributed by atoms with Crippen LogP contribution in [0.4, 0.5) is 0 Å². The Morgan fingerprint density at radius 2 is 1.78 bits per heavy atom. The first-order valence-corrected chi connectivity index (χ1v) is 10.2. The van der Waals surface area contributed by atoms with E-state index in [4.69, 9.17) is 0 Å². The molecule has 4 heteroatoms. The maximum Gasteiger partial charge on any atom is 0.275 e. The number of rotatable bonds is 7. The Morgan fingerprint density at radius 1 is 1.00 bits per heavy atom. The molecular formula is C23H27N2OS+. The van der Waals surface area contributed by atoms with E-state index in [-0.39, 0.29) is 18.0 Å². The summed E-state index contributed by atoms with van der Waals surface area (Å²) in [5.41, 5.74) is 4.88. The minimum Gasteiger partial charge on any atom is -0.345 e. The maximum atomic E-state index is 12.5. The Morgan fingerprint density at radius 3 is 2.44 bits per heavy atom. The predicted molar refractivity (Wildman–Crippen MR) is 112 cm³/mol. The summed E-state index contributed by atoms with van der Waals surface area (Å²) in [4.78, 5) is 13.8. The SMILES string of the molecule is Cc1ccc([C@@H](C)NC(=O)C[NH2+][C@H](c2ccccc2)c2cccs2)cc1C. The van der Waals surface area contributed by atoms with Crippen LogP contribution in [0.1, 0.15) is 46.1 Å². The molecule has 3 nitrogen and oxygen atoms in total. The van der Waals surface area contributed by atoms with Crippen molar-refractivity contribution in [3.63, 3.8) is 0 Å². The molecule has 2 atom stereocenters. The molecule has 1 amide bonds. The highest BCUT2D eigenvalue weighted by molar-refractivity contribution is 7.10. The summed E-state index contributed by atoms with van der Waals surface area (Å²) in [6.07, 6.45) is 0. The number of nitrogens with two attached hydrogens (primary N) is 1. The van der Waals surface area contributed by atoms with Crippen LogP contribution in [0.5, 0.6) is 0 Å². The smallest absolute Gasteiger partial charge is 0.275 e. The van der Waals surface area contributed by atoms with Gasteiger partial charge in [-0.25, -0.2) is 0 Å². The van der Waals surface area contributed by atoms with Gasteiger partial charge in [-0.3, -0.25) is 4.79 Å². The van der Waals surface area contributed by atoms with Gasteiger partial charge in [-0.1, -0.05) is 54.6 Å². The molecule has 1 heterocycles. The lowest BCUT2D eigenvalue weighted by atomic mass is 10.0. The van der Waals surface area contributed by atoms with E-state index < -0.39 is 0 Å². The summed E-state index contributed by atoms with van der Waals surface area (Å²) in [7, 11) is 0. The summed E-state index contributed by atoms with van der Waals surface area (Å²) in [6.45, 7) is 6.64. The molecule has 3 aromatic rings. The van der Waals surface area contributed by atoms with Crippen LogP contribution in [0.25, 0.3) is 0 Å². The van der Waals surface area contributed by atoms with Gasteiger partial charge in [0.25, 0.3) is 5.91 Å². The Hall–Kier alpha value is -2.43. The molecule has 0 unspecified atom stereocenters. The number of amides is 1. The molecule has 3 N–H and O–H groups in total. The van der Waals surface area contributed by atoms with E-state index in [0.717, 1.165) is 5.56 Å². The van der Waals surface area contributed by atoms with Gasteiger partial charge in [0.15, 0.2) is 6.54 Å². The van der Waals surface area contributed by atoms with Gasteiger partial charge >= 0.3 is 0 Å². The van der Waals surface area contributed by atoms with Gasteiger partial charge in [0, 0.05) is 5.56 Å². The van der Waals surface area contributed by atoms with Crippen molar-refractivity contribution >= 4 is 17.2 Å². The Balaban J connectivity index is 1.63. The third-order valence-corrected chi connectivity index (χ3v) is 5.91. The van der Waals surface area contributed by atoms with E-state index in [2.05, 4.69) is 72.3 Å². The van der Waals surface area contributed by atoms with Crippen LogP contribution in [0.3, 0.4) is 0 Å². The zero-order valence-corrected chi connectivity index (χ0v) is 16.9. The fraction of sp³-hybridized carbons (Fsp3) is 0.261. The quantitative estimate of drug-likeness (QED) is 0.643. The van der Waals surface area contributed by atoms with E-state index >= 15 is 0 Å². The summed E-state index contributed by atoms with van der Waals surface area (Å²) in [6, 6.07) is 21.1. The minimum absolute atomic E-state index is 0.00196. The monoisotopic (exact) mass is 379 g/mol. The van der Waals surface area contributed by atoms with E-state index in [1.54, 1.807) is 11.3 Å². The number of aryl methyl sites for hydroxylation is 2. The van der Waals surface area contributed by atoms with E-state index in [9.17, 15) is 4.79 Å². The number of nitrogens with one attached hydrogen (secondary N) is 1. The molecule has 0 aliphatic rings. The van der Waals surface area contributed by atoms with Crippen LogP contribution in [-0.2, 0) is 4.79 Å². The normalized spacial score (nSPS) is 13.1. The van der Waals surface area contributed by atoms with Crippen LogP contribution in [-0.4, -0.2) is 12.5 Å². The first-order chi connectivity index (χ1) is 13.0. The number of benzene rings is 2. The molecule has 0 radical (unpaired) electrons. The molecular weight excluding hydrogens is 352 g/mol. The first-order valence-electron chi connectivity index (χ1n) is 9.33. The number of hydrogen-bond acceptors (Lipinski definition) is 2. The number of hydrogen-bond donors (Lipinski definition) is 2. The van der Waals surface area contributed by atoms with Crippen molar-refractivity contribution in [2.24, 2.45) is 0 Å². The second-order valence-corrected chi connectivity index (χ2v) is 7.96. The second-order valence-electron chi connectivity index (χ2n) is 6.98. The van der Waals surface area contributed by atoms with Crippen molar-refractivity contribution in [1.82, 2.24) is 5.32 Å². The molecule has 2 aromatic carbocycles. The standard InChI is InChI=1S/C23H26N2OS/c1-16-11-12-20(14-17(16)2)18(3)25-22(26)15-24-23(21-10-7-13-27-21)19-8-5-4-6-9-19/h4-14,18,23-24H,15H2,1-3H3,(H,25,26)/p+1/t18-,23-/m1/s1. The summed E-state index contributed by atoms with van der Waals surface area (Å²) in [5, 5.41) is 7.33. The molecule has 3 rings (SSSR count). The highest BCUT2D eigenvalue weighted by Gasteiger charge is 2.20. The lowest BCUT2D eigenvalue weighted by Gasteiger charge is -2.18. The van der Waals surface area contributed by atoms with Crippen molar-refractivity contribution in [2.75, 3.05) is 6.54 Å². The molecule has 140 valence electrons. The predicted octanol–water partition coefficient (Wildman–Crippen LogP) is 3.90. The molecule has 0 fully saturated rings. The summed E-state index contributed by atoms with van der Waals surface area (Å²) in [5.74, 6) is 0.0539. The Kier molecular flexibility index (Phi) is 6.43. The highest BCUT2D eigenvalue weighted by Crippen LogP contribution is 2.22. The second kappa shape index (κ2) is 8.98. The van der Waals surface area contributed by atoms with Crippen LogP contribution in [0, 0.1) is 13.8 Å². The van der Waals surface area contributed by atoms with Gasteiger partial charge in [-0.15, -0.1) is 11.3 Å². The van der Waals surface area contributed by atoms with Gasteiger partial charge in [-0.05, 0) is 48.9 Å². The average Bonchev–Trinajstić information content (AvgIpc) is 3.19. The van der Waals surface area contributed by atoms with Crippen LogP contribution >= 0.6 is 11.3 Å². The van der Waals surface area contributed by atoms with Gasteiger partial charge in [0.2, 0.25) is 0 Å². The van der Waals surface area contributed by atoms with Crippen LogP contribution in [0.2, 0.25) is 0 Å². The van der Waals surface area contributed by atoms with Crippen molar-refractivity contribution in [3.05, 3.63) is 93.2 Å². The van der Waals surface area contributed by atoms with E-state index in [1.165, 1.54) is 21.6 Å². The van der Waals surface area contributed by atoms with Crippen molar-refractivity contribution in [3.8, 4) is 0 Å². The number of carbonyl (C=O) groups excluding carboxylic acids is 1. The molecule has 27 heavy (non-hydrogen) atoms. The van der Waals surface area contributed by atoms with Gasteiger partial charge in [0.05, 0.1) is 10.9 Å². The summed E-state index contributed by atoms with van der Waals surface area (Å²) >= 11 is 1.73. The van der Waals surface area contributed by atoms with Gasteiger partial charge in [0.1, 0.15) is 6.04 Å². The van der Waals surface area contributed by atoms with E-state index in [1.807, 2.05) is 25.1 Å². The molecule has 0 aliphatic carbocycles. The first kappa shape index (κ1) is 19.3. The third kappa shape index (κ3) is 5.06. The molecule has 0 saturated carbocycles. The third-order valence-electron chi connectivity index (χ3n) is 4.96. The van der Waals surface area contributed by atoms with Crippen molar-refractivity contribution < 1.29 is 10.1 Å². The number of carbonyl (C=O) groups is 1. The Bertz CT molecular complexity index is 875. The lowest BCUT2D eigenvalue weighted by molar-refractivity contribution is -0.676. The Labute approximate surface area is 165 Å². The maximum absolute atomic E-state index is 12.5. The number of quaternary nitrogens is 1. The summed E-state index contributed by atoms with van der Waals surface area (Å²) < 4.78 is 0. The average molecular weight is 380 g/mol. The largest absolute Gasteiger partial charge is 0.345 e. The van der Waals surface area contributed by atoms with Crippen LogP contribution < -0.4 is 10.6 Å². The molecule has 1 aromatic heterocycles. The van der Waals surface area contributed by atoms with Crippen molar-refractivity contribution in [1.29, 1.82) is 0 Å².